The molecule has 57 heavy (non-hydrogen) atoms. The number of hydrogen-bond acceptors (Lipinski definition) is 2. The zero-order valence-electron chi connectivity index (χ0n) is 32.2. The molecule has 0 unspecified atom stereocenters. The molecule has 8 aromatic carbocycles. The van der Waals surface area contributed by atoms with Crippen molar-refractivity contribution in [3.8, 4) is 27.9 Å². The summed E-state index contributed by atoms with van der Waals surface area (Å²) < 4.78 is 5.13. The van der Waals surface area contributed by atoms with E-state index in [0.717, 1.165) is 29.9 Å². The van der Waals surface area contributed by atoms with Crippen LogP contribution in [0.4, 0.5) is 17.1 Å². The molecule has 0 aliphatic heterocycles. The van der Waals surface area contributed by atoms with Crippen molar-refractivity contribution in [3.05, 3.63) is 199 Å². The highest BCUT2D eigenvalue weighted by Crippen LogP contribution is 2.46. The molecule has 11 rings (SSSR count). The van der Waals surface area contributed by atoms with Crippen molar-refractivity contribution in [2.24, 2.45) is 0 Å². The van der Waals surface area contributed by atoms with Gasteiger partial charge in [-0.1, -0.05) is 153 Å². The fourth-order valence-electron chi connectivity index (χ4n) is 8.76. The fourth-order valence-corrected chi connectivity index (χ4v) is 10.00. The second-order valence-corrected chi connectivity index (χ2v) is 15.4. The lowest BCUT2D eigenvalue weighted by Gasteiger charge is -2.28. The normalized spacial score (nSPS) is 12.2. The predicted molar refractivity (Wildman–Crippen MR) is 248 cm³/mol. The van der Waals surface area contributed by atoms with E-state index >= 15 is 0 Å². The van der Waals surface area contributed by atoms with E-state index in [4.69, 9.17) is 0 Å². The molecule has 0 atom stereocenters. The summed E-state index contributed by atoms with van der Waals surface area (Å²) in [6, 6.07) is 66.7. The molecule has 10 aromatic rings. The van der Waals surface area contributed by atoms with Crippen LogP contribution in [0.3, 0.4) is 0 Å². The maximum Gasteiger partial charge on any atom is 0.0540 e. The summed E-state index contributed by atoms with van der Waals surface area (Å²) >= 11 is 1.88. The van der Waals surface area contributed by atoms with Crippen molar-refractivity contribution in [3.63, 3.8) is 0 Å². The Bertz CT molecular complexity index is 3080. The van der Waals surface area contributed by atoms with E-state index in [2.05, 4.69) is 204 Å². The second-order valence-electron chi connectivity index (χ2n) is 14.4. The molecule has 0 spiro atoms. The molecular formula is C54H42N2S. The standard InChI is InChI=1S/C52H36N2S.C2H6/c1-3-14-35(15-4-1)40-31-33-49(43-19-8-7-18-42(40)43)53(38-28-26-36(27-29-38)41-22-13-23-46-45-21-10-12-25-51(45)55-52(41)46)39-30-32-50-47(34-39)44-20-9-11-24-48(44)54(50)37-16-5-2-6-17-37;1-2/h1-10,12-23,25-34H,11,24H2;1-2H3. The molecule has 2 aromatic heterocycles. The zero-order chi connectivity index (χ0) is 38.3. The van der Waals surface area contributed by atoms with Crippen LogP contribution >= 0.6 is 11.3 Å². The summed E-state index contributed by atoms with van der Waals surface area (Å²) in [4.78, 5) is 2.46. The van der Waals surface area contributed by atoms with Gasteiger partial charge >= 0.3 is 0 Å². The summed E-state index contributed by atoms with van der Waals surface area (Å²) in [6.45, 7) is 4.00. The third-order valence-electron chi connectivity index (χ3n) is 11.3. The van der Waals surface area contributed by atoms with Crippen molar-refractivity contribution in [1.29, 1.82) is 0 Å². The van der Waals surface area contributed by atoms with Gasteiger partial charge in [-0.15, -0.1) is 11.3 Å². The van der Waals surface area contributed by atoms with Crippen LogP contribution in [0.25, 0.3) is 75.9 Å². The van der Waals surface area contributed by atoms with Gasteiger partial charge in [0.15, 0.2) is 0 Å². The molecular weight excluding hydrogens is 709 g/mol. The van der Waals surface area contributed by atoms with Crippen LogP contribution in [0.5, 0.6) is 0 Å². The number of para-hydroxylation sites is 1. The number of rotatable bonds is 6. The van der Waals surface area contributed by atoms with E-state index in [0.29, 0.717) is 0 Å². The Morgan fingerprint density at radius 3 is 1.98 bits per heavy atom. The number of fused-ring (bicyclic) bond motifs is 7. The summed E-state index contributed by atoms with van der Waals surface area (Å²) in [6.07, 6.45) is 6.74. The Morgan fingerprint density at radius 1 is 0.509 bits per heavy atom. The van der Waals surface area contributed by atoms with Crippen molar-refractivity contribution in [2.75, 3.05) is 4.90 Å². The first kappa shape index (κ1) is 34.8. The second kappa shape index (κ2) is 14.8. The van der Waals surface area contributed by atoms with E-state index in [1.165, 1.54) is 81.0 Å². The molecule has 0 saturated carbocycles. The Morgan fingerprint density at radius 2 is 1.18 bits per heavy atom. The molecule has 1 aliphatic rings. The van der Waals surface area contributed by atoms with Crippen LogP contribution < -0.4 is 4.90 Å². The van der Waals surface area contributed by atoms with Crippen molar-refractivity contribution < 1.29 is 0 Å². The number of thiophene rings is 1. The van der Waals surface area contributed by atoms with Crippen molar-refractivity contribution in [1.82, 2.24) is 4.57 Å². The van der Waals surface area contributed by atoms with Crippen molar-refractivity contribution in [2.45, 2.75) is 26.7 Å². The Labute approximate surface area is 338 Å². The van der Waals surface area contributed by atoms with Crippen LogP contribution in [-0.4, -0.2) is 4.57 Å². The maximum absolute atomic E-state index is 2.47. The number of nitrogens with zero attached hydrogens (tertiary/aromatic N) is 2. The molecule has 0 amide bonds. The number of anilines is 3. The molecule has 0 fully saturated rings. The van der Waals surface area contributed by atoms with Crippen LogP contribution in [0.2, 0.25) is 0 Å². The minimum atomic E-state index is 1.02. The Hall–Kier alpha value is -6.68. The molecule has 0 bridgehead atoms. The van der Waals surface area contributed by atoms with Crippen LogP contribution in [0.15, 0.2) is 188 Å². The van der Waals surface area contributed by atoms with E-state index in [1.54, 1.807) is 0 Å². The van der Waals surface area contributed by atoms with E-state index in [-0.39, 0.29) is 0 Å². The van der Waals surface area contributed by atoms with Crippen LogP contribution in [-0.2, 0) is 6.42 Å². The monoisotopic (exact) mass is 750 g/mol. The zero-order valence-corrected chi connectivity index (χ0v) is 33.0. The van der Waals surface area contributed by atoms with Gasteiger partial charge in [-0.05, 0) is 95.1 Å². The highest BCUT2D eigenvalue weighted by atomic mass is 32.1. The smallest absolute Gasteiger partial charge is 0.0540 e. The third kappa shape index (κ3) is 5.94. The minimum absolute atomic E-state index is 1.02. The quantitative estimate of drug-likeness (QED) is 0.164. The summed E-state index contributed by atoms with van der Waals surface area (Å²) in [5.74, 6) is 0. The van der Waals surface area contributed by atoms with Gasteiger partial charge in [0.25, 0.3) is 0 Å². The average molecular weight is 751 g/mol. The van der Waals surface area contributed by atoms with Gasteiger partial charge in [0.05, 0.1) is 11.2 Å². The number of hydrogen-bond donors (Lipinski definition) is 0. The van der Waals surface area contributed by atoms with Gasteiger partial charge in [-0.3, -0.25) is 0 Å². The molecule has 2 heterocycles. The molecule has 0 N–H and O–H groups in total. The summed E-state index contributed by atoms with van der Waals surface area (Å²) in [5, 5.41) is 6.37. The topological polar surface area (TPSA) is 8.17 Å². The lowest BCUT2D eigenvalue weighted by molar-refractivity contribution is 0.888. The predicted octanol–water partition coefficient (Wildman–Crippen LogP) is 15.9. The number of benzene rings is 8. The number of allylic oxidation sites excluding steroid dienone is 1. The molecule has 2 nitrogen and oxygen atoms in total. The summed E-state index contributed by atoms with van der Waals surface area (Å²) in [5.41, 5.74) is 13.5. The van der Waals surface area contributed by atoms with Gasteiger partial charge < -0.3 is 9.47 Å². The highest BCUT2D eigenvalue weighted by Gasteiger charge is 2.23. The lowest BCUT2D eigenvalue weighted by atomic mass is 9.96. The molecule has 3 heteroatoms. The van der Waals surface area contributed by atoms with Gasteiger partial charge in [-0.25, -0.2) is 0 Å². The highest BCUT2D eigenvalue weighted by molar-refractivity contribution is 7.26. The maximum atomic E-state index is 2.47. The Balaban J connectivity index is 0.00000195. The van der Waals surface area contributed by atoms with Crippen LogP contribution in [0, 0.1) is 0 Å². The molecule has 0 saturated heterocycles. The first-order valence-corrected chi connectivity index (χ1v) is 20.9. The number of aromatic nitrogens is 1. The van der Waals surface area contributed by atoms with Gasteiger partial charge in [-0.2, -0.15) is 0 Å². The summed E-state index contributed by atoms with van der Waals surface area (Å²) in [7, 11) is 0. The average Bonchev–Trinajstić information content (AvgIpc) is 3.84. The van der Waals surface area contributed by atoms with E-state index < -0.39 is 0 Å². The van der Waals surface area contributed by atoms with Gasteiger partial charge in [0.2, 0.25) is 0 Å². The Kier molecular flexibility index (Phi) is 9.01. The SMILES string of the molecule is C1=Cc2c(n(-c3ccccc3)c3ccc(N(c4ccc(-c5cccc6c5sc5ccccc56)cc4)c4ccc(-c5ccccc5)c5ccccc45)cc23)CC1.CC. The fraction of sp³-hybridized carbons (Fsp3) is 0.0741. The first-order valence-electron chi connectivity index (χ1n) is 20.1. The van der Waals surface area contributed by atoms with Gasteiger partial charge in [0.1, 0.15) is 0 Å². The molecule has 1 aliphatic carbocycles. The third-order valence-corrected chi connectivity index (χ3v) is 12.5. The van der Waals surface area contributed by atoms with E-state index in [1.807, 2.05) is 25.2 Å². The first-order chi connectivity index (χ1) is 28.3. The van der Waals surface area contributed by atoms with E-state index in [9.17, 15) is 0 Å². The largest absolute Gasteiger partial charge is 0.313 e. The van der Waals surface area contributed by atoms with Gasteiger partial charge in [0, 0.05) is 59.3 Å². The van der Waals surface area contributed by atoms with Crippen molar-refractivity contribution >= 4 is 76.3 Å². The minimum Gasteiger partial charge on any atom is -0.313 e. The molecule has 274 valence electrons. The lowest BCUT2D eigenvalue weighted by Crippen LogP contribution is -2.10. The van der Waals surface area contributed by atoms with Crippen LogP contribution in [0.1, 0.15) is 31.5 Å². The molecule has 0 radical (unpaired) electrons.